The third-order valence-corrected chi connectivity index (χ3v) is 3.15. The number of ether oxygens (including phenoxy) is 3. The van der Waals surface area contributed by atoms with Gasteiger partial charge in [-0.2, -0.15) is 0 Å². The van der Waals surface area contributed by atoms with Gasteiger partial charge >= 0.3 is 5.97 Å². The number of benzene rings is 1. The van der Waals surface area contributed by atoms with Crippen molar-refractivity contribution in [1.29, 1.82) is 0 Å². The maximum atomic E-state index is 12.4. The molecule has 1 atom stereocenters. The highest BCUT2D eigenvalue weighted by molar-refractivity contribution is 5.95. The monoisotopic (exact) mass is 325 g/mol. The summed E-state index contributed by atoms with van der Waals surface area (Å²) in [5.74, 6) is -0.454. The Hall–Kier alpha value is -2.28. The Labute approximate surface area is 135 Å². The van der Waals surface area contributed by atoms with Crippen molar-refractivity contribution >= 4 is 11.9 Å². The third kappa shape index (κ3) is 5.45. The summed E-state index contributed by atoms with van der Waals surface area (Å²) in [6.45, 7) is 4.03. The lowest BCUT2D eigenvalue weighted by Gasteiger charge is -2.28. The number of aliphatic carboxylic acids is 1. The van der Waals surface area contributed by atoms with E-state index in [0.717, 1.165) is 0 Å². The first-order chi connectivity index (χ1) is 10.8. The Balaban J connectivity index is 2.97. The van der Waals surface area contributed by atoms with E-state index in [2.05, 4.69) is 5.32 Å². The van der Waals surface area contributed by atoms with Gasteiger partial charge in [0.15, 0.2) is 11.5 Å². The van der Waals surface area contributed by atoms with E-state index in [1.165, 1.54) is 14.2 Å². The molecule has 0 aliphatic carbocycles. The topological polar surface area (TPSA) is 94.1 Å². The zero-order valence-electron chi connectivity index (χ0n) is 13.8. The van der Waals surface area contributed by atoms with Crippen LogP contribution in [0.15, 0.2) is 18.2 Å². The molecule has 1 aromatic carbocycles. The molecule has 0 aromatic heterocycles. The van der Waals surface area contributed by atoms with Gasteiger partial charge in [-0.05, 0) is 32.0 Å². The van der Waals surface area contributed by atoms with Crippen LogP contribution in [0, 0.1) is 0 Å². The average Bonchev–Trinajstić information content (AvgIpc) is 2.46. The van der Waals surface area contributed by atoms with Gasteiger partial charge in [-0.1, -0.05) is 0 Å². The Morgan fingerprint density at radius 3 is 2.48 bits per heavy atom. The smallest absolute Gasteiger partial charge is 0.305 e. The number of rotatable bonds is 9. The number of hydrogen-bond donors (Lipinski definition) is 2. The molecule has 23 heavy (non-hydrogen) atoms. The number of methoxy groups -OCH3 is 2. The van der Waals surface area contributed by atoms with E-state index in [0.29, 0.717) is 23.7 Å². The van der Waals surface area contributed by atoms with Crippen LogP contribution in [-0.2, 0) is 9.53 Å². The summed E-state index contributed by atoms with van der Waals surface area (Å²) in [6.07, 6.45) is -0.249. The van der Waals surface area contributed by atoms with Gasteiger partial charge in [0.05, 0.1) is 32.3 Å². The second-order valence-corrected chi connectivity index (χ2v) is 5.32. The van der Waals surface area contributed by atoms with Crippen LogP contribution in [0.2, 0.25) is 0 Å². The fraction of sp³-hybridized carbons (Fsp3) is 0.500. The Kier molecular flexibility index (Phi) is 6.84. The van der Waals surface area contributed by atoms with E-state index >= 15 is 0 Å². The highest BCUT2D eigenvalue weighted by Crippen LogP contribution is 2.28. The number of carbonyl (C=O) groups is 2. The summed E-state index contributed by atoms with van der Waals surface area (Å²) in [5, 5.41) is 11.7. The molecule has 0 spiro atoms. The van der Waals surface area contributed by atoms with Crippen LogP contribution in [0.5, 0.6) is 11.5 Å². The Bertz CT molecular complexity index is 560. The van der Waals surface area contributed by atoms with Crippen molar-refractivity contribution in [2.24, 2.45) is 0 Å². The van der Waals surface area contributed by atoms with Crippen molar-refractivity contribution in [3.05, 3.63) is 23.8 Å². The zero-order chi connectivity index (χ0) is 17.5. The first kappa shape index (κ1) is 18.8. The maximum absolute atomic E-state index is 12.4. The average molecular weight is 325 g/mol. The summed E-state index contributed by atoms with van der Waals surface area (Å²) < 4.78 is 15.6. The molecule has 0 saturated heterocycles. The van der Waals surface area contributed by atoms with Gasteiger partial charge in [0.1, 0.15) is 0 Å². The first-order valence-corrected chi connectivity index (χ1v) is 7.19. The van der Waals surface area contributed by atoms with E-state index in [1.807, 2.05) is 6.92 Å². The van der Waals surface area contributed by atoms with E-state index in [4.69, 9.17) is 19.3 Å². The molecule has 1 rings (SSSR count). The molecular weight excluding hydrogens is 302 g/mol. The van der Waals surface area contributed by atoms with Crippen LogP contribution in [0.4, 0.5) is 0 Å². The van der Waals surface area contributed by atoms with E-state index in [-0.39, 0.29) is 13.0 Å². The minimum absolute atomic E-state index is 0.0825. The van der Waals surface area contributed by atoms with Crippen molar-refractivity contribution < 1.29 is 28.9 Å². The molecule has 2 N–H and O–H groups in total. The SMILES string of the molecule is CCOc1ccc(C(=O)NC(C)(COC)CC(=O)O)cc1OC. The number of carboxylic acid groups (broad SMARTS) is 1. The minimum atomic E-state index is -1.02. The van der Waals surface area contributed by atoms with Gasteiger partial charge in [-0.15, -0.1) is 0 Å². The van der Waals surface area contributed by atoms with Crippen LogP contribution in [0.1, 0.15) is 30.6 Å². The predicted molar refractivity (Wildman–Crippen MR) is 84.2 cm³/mol. The Morgan fingerprint density at radius 2 is 1.96 bits per heavy atom. The third-order valence-electron chi connectivity index (χ3n) is 3.15. The number of nitrogens with one attached hydrogen (secondary N) is 1. The molecule has 0 aliphatic heterocycles. The summed E-state index contributed by atoms with van der Waals surface area (Å²) in [7, 11) is 2.94. The van der Waals surface area contributed by atoms with Crippen molar-refractivity contribution in [1.82, 2.24) is 5.32 Å². The molecule has 1 unspecified atom stereocenters. The molecule has 0 radical (unpaired) electrons. The number of carbonyl (C=O) groups excluding carboxylic acids is 1. The minimum Gasteiger partial charge on any atom is -0.493 e. The predicted octanol–water partition coefficient (Wildman–Crippen LogP) is 1.70. The quantitative estimate of drug-likeness (QED) is 0.718. The molecule has 128 valence electrons. The summed E-state index contributed by atoms with van der Waals surface area (Å²) in [5.41, 5.74) is -0.665. The second kappa shape index (κ2) is 8.38. The standard InChI is InChI=1S/C16H23NO6/c1-5-23-12-7-6-11(8-13(12)22-4)15(20)17-16(2,10-21-3)9-14(18)19/h6-8H,5,9-10H2,1-4H3,(H,17,20)(H,18,19). The maximum Gasteiger partial charge on any atom is 0.305 e. The number of carboxylic acids is 1. The first-order valence-electron chi connectivity index (χ1n) is 7.19. The molecule has 0 aliphatic rings. The second-order valence-electron chi connectivity index (χ2n) is 5.32. The molecule has 0 saturated carbocycles. The van der Waals surface area contributed by atoms with Crippen LogP contribution in [-0.4, -0.2) is 50.0 Å². The van der Waals surface area contributed by atoms with Crippen LogP contribution >= 0.6 is 0 Å². The molecule has 1 aromatic rings. The van der Waals surface area contributed by atoms with E-state index < -0.39 is 17.4 Å². The lowest BCUT2D eigenvalue weighted by atomic mass is 9.98. The molecule has 1 amide bonds. The normalized spacial score (nSPS) is 13.0. The fourth-order valence-electron chi connectivity index (χ4n) is 2.21. The molecule has 7 heteroatoms. The fourth-order valence-corrected chi connectivity index (χ4v) is 2.21. The van der Waals surface area contributed by atoms with Gasteiger partial charge in [-0.25, -0.2) is 0 Å². The van der Waals surface area contributed by atoms with Crippen LogP contribution in [0.3, 0.4) is 0 Å². The van der Waals surface area contributed by atoms with Gasteiger partial charge in [0.2, 0.25) is 0 Å². The van der Waals surface area contributed by atoms with Gasteiger partial charge in [-0.3, -0.25) is 9.59 Å². The van der Waals surface area contributed by atoms with Crippen LogP contribution in [0.25, 0.3) is 0 Å². The number of hydrogen-bond acceptors (Lipinski definition) is 5. The highest BCUT2D eigenvalue weighted by atomic mass is 16.5. The zero-order valence-corrected chi connectivity index (χ0v) is 13.8. The summed E-state index contributed by atoms with van der Waals surface area (Å²) in [6, 6.07) is 4.78. The Morgan fingerprint density at radius 1 is 1.26 bits per heavy atom. The van der Waals surface area contributed by atoms with Crippen molar-refractivity contribution in [2.45, 2.75) is 25.8 Å². The number of amides is 1. The highest BCUT2D eigenvalue weighted by Gasteiger charge is 2.30. The summed E-state index contributed by atoms with van der Waals surface area (Å²) in [4.78, 5) is 23.4. The van der Waals surface area contributed by atoms with E-state index in [1.54, 1.807) is 25.1 Å². The molecule has 0 bridgehead atoms. The van der Waals surface area contributed by atoms with Crippen molar-refractivity contribution in [3.63, 3.8) is 0 Å². The van der Waals surface area contributed by atoms with Crippen molar-refractivity contribution in [2.75, 3.05) is 27.4 Å². The van der Waals surface area contributed by atoms with Gasteiger partial charge in [0, 0.05) is 12.7 Å². The molecule has 7 nitrogen and oxygen atoms in total. The van der Waals surface area contributed by atoms with E-state index in [9.17, 15) is 9.59 Å². The summed E-state index contributed by atoms with van der Waals surface area (Å²) >= 11 is 0. The van der Waals surface area contributed by atoms with Crippen LogP contribution < -0.4 is 14.8 Å². The molecule has 0 fully saturated rings. The molecule has 0 heterocycles. The lowest BCUT2D eigenvalue weighted by molar-refractivity contribution is -0.139. The lowest BCUT2D eigenvalue weighted by Crippen LogP contribution is -2.50. The van der Waals surface area contributed by atoms with Gasteiger partial charge in [0.25, 0.3) is 5.91 Å². The van der Waals surface area contributed by atoms with Crippen molar-refractivity contribution in [3.8, 4) is 11.5 Å². The van der Waals surface area contributed by atoms with Gasteiger partial charge < -0.3 is 24.6 Å². The largest absolute Gasteiger partial charge is 0.493 e. The molecular formula is C16H23NO6.